The minimum Gasteiger partial charge on any atom is -0.296 e. The first-order valence-electron chi connectivity index (χ1n) is 6.41. The van der Waals surface area contributed by atoms with Gasteiger partial charge in [-0.2, -0.15) is 0 Å². The van der Waals surface area contributed by atoms with Crippen molar-refractivity contribution in [2.75, 3.05) is 18.6 Å². The molecule has 16 heavy (non-hydrogen) atoms. The van der Waals surface area contributed by atoms with E-state index in [1.54, 1.807) is 0 Å². The van der Waals surface area contributed by atoms with Crippen LogP contribution in [0.4, 0.5) is 0 Å². The van der Waals surface area contributed by atoms with Gasteiger partial charge in [-0.05, 0) is 31.6 Å². The molecular formula is C12H23NO2S. The summed E-state index contributed by atoms with van der Waals surface area (Å²) in [5.41, 5.74) is 0. The van der Waals surface area contributed by atoms with Crippen molar-refractivity contribution in [3.63, 3.8) is 0 Å². The van der Waals surface area contributed by atoms with Crippen LogP contribution >= 0.6 is 0 Å². The maximum atomic E-state index is 11.2. The predicted molar refractivity (Wildman–Crippen MR) is 66.2 cm³/mol. The van der Waals surface area contributed by atoms with Crippen LogP contribution in [0.15, 0.2) is 0 Å². The van der Waals surface area contributed by atoms with Gasteiger partial charge in [-0.15, -0.1) is 0 Å². The lowest BCUT2D eigenvalue weighted by Gasteiger charge is -2.31. The van der Waals surface area contributed by atoms with E-state index in [1.165, 1.54) is 38.4 Å². The predicted octanol–water partition coefficient (Wildman–Crippen LogP) is 1.68. The molecule has 3 nitrogen and oxygen atoms in total. The van der Waals surface area contributed by atoms with Crippen LogP contribution in [0, 0.1) is 5.92 Å². The lowest BCUT2D eigenvalue weighted by atomic mass is 10.0. The Morgan fingerprint density at radius 2 is 1.88 bits per heavy atom. The SMILES string of the molecule is C[C@H]1CCC[C@@H]1N(CCS(C)(=O)=O)C1CC1. The molecule has 0 aromatic heterocycles. The number of sulfone groups is 1. The van der Waals surface area contributed by atoms with Crippen LogP contribution in [0.5, 0.6) is 0 Å². The largest absolute Gasteiger partial charge is 0.296 e. The summed E-state index contributed by atoms with van der Waals surface area (Å²) in [6.45, 7) is 3.06. The van der Waals surface area contributed by atoms with E-state index >= 15 is 0 Å². The number of hydrogen-bond acceptors (Lipinski definition) is 3. The van der Waals surface area contributed by atoms with Gasteiger partial charge < -0.3 is 0 Å². The molecule has 2 rings (SSSR count). The molecule has 0 aromatic carbocycles. The number of rotatable bonds is 5. The summed E-state index contributed by atoms with van der Waals surface area (Å²) < 4.78 is 22.5. The summed E-state index contributed by atoms with van der Waals surface area (Å²) in [4.78, 5) is 2.48. The zero-order chi connectivity index (χ0) is 11.8. The zero-order valence-electron chi connectivity index (χ0n) is 10.4. The molecule has 0 aliphatic heterocycles. The maximum absolute atomic E-state index is 11.2. The van der Waals surface area contributed by atoms with E-state index in [2.05, 4.69) is 11.8 Å². The van der Waals surface area contributed by atoms with E-state index in [0.717, 1.165) is 12.5 Å². The van der Waals surface area contributed by atoms with Gasteiger partial charge in [-0.25, -0.2) is 8.42 Å². The summed E-state index contributed by atoms with van der Waals surface area (Å²) in [5, 5.41) is 0. The van der Waals surface area contributed by atoms with Gasteiger partial charge in [-0.1, -0.05) is 13.3 Å². The van der Waals surface area contributed by atoms with Gasteiger partial charge in [-0.3, -0.25) is 4.90 Å². The minimum absolute atomic E-state index is 0.326. The smallest absolute Gasteiger partial charge is 0.148 e. The quantitative estimate of drug-likeness (QED) is 0.739. The number of hydrogen-bond donors (Lipinski definition) is 0. The molecule has 0 spiro atoms. The van der Waals surface area contributed by atoms with Crippen molar-refractivity contribution >= 4 is 9.84 Å². The Morgan fingerprint density at radius 1 is 1.19 bits per heavy atom. The second-order valence-corrected chi connectivity index (χ2v) is 7.83. The first-order chi connectivity index (χ1) is 7.47. The topological polar surface area (TPSA) is 37.4 Å². The first kappa shape index (κ1) is 12.4. The second-order valence-electron chi connectivity index (χ2n) is 5.57. The Labute approximate surface area is 99.1 Å². The molecule has 2 aliphatic carbocycles. The average molecular weight is 245 g/mol. The van der Waals surface area contributed by atoms with Crippen molar-refractivity contribution in [1.82, 2.24) is 4.90 Å². The molecule has 2 fully saturated rings. The third-order valence-corrected chi connectivity index (χ3v) is 4.90. The molecule has 94 valence electrons. The summed E-state index contributed by atoms with van der Waals surface area (Å²) >= 11 is 0. The van der Waals surface area contributed by atoms with Crippen LogP contribution in [0.1, 0.15) is 39.0 Å². The highest BCUT2D eigenvalue weighted by atomic mass is 32.2. The van der Waals surface area contributed by atoms with Gasteiger partial charge in [0.2, 0.25) is 0 Å². The molecule has 0 bridgehead atoms. The van der Waals surface area contributed by atoms with Crippen molar-refractivity contribution in [2.24, 2.45) is 5.92 Å². The van der Waals surface area contributed by atoms with Crippen LogP contribution in [-0.2, 0) is 9.84 Å². The fraction of sp³-hybridized carbons (Fsp3) is 1.00. The van der Waals surface area contributed by atoms with E-state index in [4.69, 9.17) is 0 Å². The molecule has 4 heteroatoms. The van der Waals surface area contributed by atoms with Crippen molar-refractivity contribution in [2.45, 2.75) is 51.1 Å². The summed E-state index contributed by atoms with van der Waals surface area (Å²) in [5.74, 6) is 1.08. The van der Waals surface area contributed by atoms with Crippen molar-refractivity contribution in [3.05, 3.63) is 0 Å². The van der Waals surface area contributed by atoms with Crippen LogP contribution in [0.25, 0.3) is 0 Å². The Hall–Kier alpha value is -0.0900. The van der Waals surface area contributed by atoms with Gasteiger partial charge in [0.1, 0.15) is 9.84 Å². The van der Waals surface area contributed by atoms with E-state index in [0.29, 0.717) is 17.8 Å². The van der Waals surface area contributed by atoms with Gasteiger partial charge in [0.15, 0.2) is 0 Å². The molecule has 0 N–H and O–H groups in total. The van der Waals surface area contributed by atoms with Gasteiger partial charge >= 0.3 is 0 Å². The zero-order valence-corrected chi connectivity index (χ0v) is 11.2. The molecule has 2 saturated carbocycles. The molecule has 2 atom stereocenters. The fourth-order valence-electron chi connectivity index (χ4n) is 2.92. The molecule has 2 aliphatic rings. The molecule has 0 amide bonds. The highest BCUT2D eigenvalue weighted by Gasteiger charge is 2.38. The van der Waals surface area contributed by atoms with Gasteiger partial charge in [0, 0.05) is 24.9 Å². The van der Waals surface area contributed by atoms with Crippen molar-refractivity contribution in [3.8, 4) is 0 Å². The van der Waals surface area contributed by atoms with E-state index < -0.39 is 9.84 Å². The van der Waals surface area contributed by atoms with Crippen LogP contribution < -0.4 is 0 Å². The van der Waals surface area contributed by atoms with Crippen LogP contribution in [0.3, 0.4) is 0 Å². The molecule has 0 radical (unpaired) electrons. The molecule has 0 aromatic rings. The van der Waals surface area contributed by atoms with Gasteiger partial charge in [0.25, 0.3) is 0 Å². The Balaban J connectivity index is 1.94. The Kier molecular flexibility index (Phi) is 3.59. The molecule has 0 unspecified atom stereocenters. The summed E-state index contributed by atoms with van der Waals surface area (Å²) in [6, 6.07) is 1.33. The highest BCUT2D eigenvalue weighted by Crippen LogP contribution is 2.36. The first-order valence-corrected chi connectivity index (χ1v) is 8.47. The minimum atomic E-state index is -2.81. The van der Waals surface area contributed by atoms with Crippen LogP contribution in [0.2, 0.25) is 0 Å². The third kappa shape index (κ3) is 3.20. The standard InChI is InChI=1S/C12H23NO2S/c1-10-4-3-5-12(10)13(11-6-7-11)8-9-16(2,14)15/h10-12H,3-9H2,1-2H3/t10-,12-/m0/s1. The third-order valence-electron chi connectivity index (χ3n) is 3.98. The van der Waals surface area contributed by atoms with E-state index in [9.17, 15) is 8.42 Å². The molecular weight excluding hydrogens is 222 g/mol. The van der Waals surface area contributed by atoms with E-state index in [-0.39, 0.29) is 0 Å². The lowest BCUT2D eigenvalue weighted by molar-refractivity contribution is 0.166. The fourth-order valence-corrected chi connectivity index (χ4v) is 3.46. The van der Waals surface area contributed by atoms with Crippen molar-refractivity contribution in [1.29, 1.82) is 0 Å². The Morgan fingerprint density at radius 3 is 2.31 bits per heavy atom. The molecule has 0 heterocycles. The normalized spacial score (nSPS) is 31.2. The average Bonchev–Trinajstić information content (AvgIpc) is 2.90. The lowest BCUT2D eigenvalue weighted by Crippen LogP contribution is -2.41. The second kappa shape index (κ2) is 4.65. The van der Waals surface area contributed by atoms with Crippen molar-refractivity contribution < 1.29 is 8.42 Å². The maximum Gasteiger partial charge on any atom is 0.148 e. The Bertz CT molecular complexity index is 335. The summed E-state index contributed by atoms with van der Waals surface area (Å²) in [6.07, 6.45) is 7.78. The molecule has 0 saturated heterocycles. The highest BCUT2D eigenvalue weighted by molar-refractivity contribution is 7.90. The summed E-state index contributed by atoms with van der Waals surface area (Å²) in [7, 11) is -2.81. The number of nitrogens with zero attached hydrogens (tertiary/aromatic N) is 1. The van der Waals surface area contributed by atoms with Crippen LogP contribution in [-0.4, -0.2) is 44.0 Å². The van der Waals surface area contributed by atoms with E-state index in [1.807, 2.05) is 0 Å². The van der Waals surface area contributed by atoms with Gasteiger partial charge in [0.05, 0.1) is 5.75 Å². The monoisotopic (exact) mass is 245 g/mol.